The summed E-state index contributed by atoms with van der Waals surface area (Å²) in [5.41, 5.74) is -0.141. The molecule has 2 rings (SSSR count). The minimum absolute atomic E-state index is 0.0625. The summed E-state index contributed by atoms with van der Waals surface area (Å²) in [6, 6.07) is 8.16. The van der Waals surface area contributed by atoms with Crippen LogP contribution in [0.15, 0.2) is 45.8 Å². The molecular formula is C14H13BrFNO4S. The summed E-state index contributed by atoms with van der Waals surface area (Å²) in [6.45, 7) is 0. The molecule has 0 spiro atoms. The molecule has 0 unspecified atom stereocenters. The van der Waals surface area contributed by atoms with Crippen molar-refractivity contribution in [1.82, 2.24) is 0 Å². The Bertz CT molecular complexity index is 795. The van der Waals surface area contributed by atoms with E-state index in [0.717, 1.165) is 0 Å². The Morgan fingerprint density at radius 2 is 1.73 bits per heavy atom. The predicted octanol–water partition coefficient (Wildman–Crippen LogP) is 3.41. The highest BCUT2D eigenvalue weighted by atomic mass is 79.9. The van der Waals surface area contributed by atoms with Crippen LogP contribution < -0.4 is 14.2 Å². The van der Waals surface area contributed by atoms with Crippen molar-refractivity contribution < 1.29 is 22.3 Å². The van der Waals surface area contributed by atoms with Gasteiger partial charge in [-0.1, -0.05) is 15.9 Å². The van der Waals surface area contributed by atoms with Gasteiger partial charge in [0.25, 0.3) is 10.0 Å². The van der Waals surface area contributed by atoms with E-state index in [9.17, 15) is 12.8 Å². The Kier molecular flexibility index (Phi) is 4.92. The first kappa shape index (κ1) is 16.6. The monoisotopic (exact) mass is 389 g/mol. The SMILES string of the molecule is COc1ccc(S(=O)(=O)Nc2ccc(Br)cc2F)cc1OC. The molecule has 0 atom stereocenters. The molecule has 0 heterocycles. The largest absolute Gasteiger partial charge is 0.493 e. The third-order valence-electron chi connectivity index (χ3n) is 2.84. The number of halogens is 2. The fraction of sp³-hybridized carbons (Fsp3) is 0.143. The zero-order chi connectivity index (χ0) is 16.3. The van der Waals surface area contributed by atoms with E-state index in [2.05, 4.69) is 20.7 Å². The second-order valence-electron chi connectivity index (χ2n) is 4.25. The number of nitrogens with one attached hydrogen (secondary N) is 1. The van der Waals surface area contributed by atoms with Crippen molar-refractivity contribution in [3.63, 3.8) is 0 Å². The maximum absolute atomic E-state index is 13.8. The number of ether oxygens (including phenoxy) is 2. The highest BCUT2D eigenvalue weighted by Gasteiger charge is 2.18. The van der Waals surface area contributed by atoms with Crippen LogP contribution in [-0.4, -0.2) is 22.6 Å². The lowest BCUT2D eigenvalue weighted by Crippen LogP contribution is -2.14. The first-order valence-electron chi connectivity index (χ1n) is 6.07. The number of rotatable bonds is 5. The lowest BCUT2D eigenvalue weighted by atomic mass is 10.3. The van der Waals surface area contributed by atoms with Crippen LogP contribution in [0.3, 0.4) is 0 Å². The zero-order valence-electron chi connectivity index (χ0n) is 11.8. The first-order valence-corrected chi connectivity index (χ1v) is 8.35. The minimum Gasteiger partial charge on any atom is -0.493 e. The van der Waals surface area contributed by atoms with Crippen molar-refractivity contribution >= 4 is 31.6 Å². The normalized spacial score (nSPS) is 11.1. The van der Waals surface area contributed by atoms with Gasteiger partial charge < -0.3 is 9.47 Å². The van der Waals surface area contributed by atoms with E-state index in [-0.39, 0.29) is 16.3 Å². The van der Waals surface area contributed by atoms with Gasteiger partial charge >= 0.3 is 0 Å². The molecule has 0 saturated heterocycles. The molecule has 0 aliphatic heterocycles. The van der Waals surface area contributed by atoms with Gasteiger partial charge in [-0.15, -0.1) is 0 Å². The second kappa shape index (κ2) is 6.53. The van der Waals surface area contributed by atoms with Crippen LogP contribution in [0.4, 0.5) is 10.1 Å². The van der Waals surface area contributed by atoms with E-state index >= 15 is 0 Å². The molecule has 8 heteroatoms. The third-order valence-corrected chi connectivity index (χ3v) is 4.70. The van der Waals surface area contributed by atoms with Crippen LogP contribution in [-0.2, 0) is 10.0 Å². The third kappa shape index (κ3) is 3.50. The molecule has 118 valence electrons. The van der Waals surface area contributed by atoms with Gasteiger partial charge in [-0.05, 0) is 30.3 Å². The summed E-state index contributed by atoms with van der Waals surface area (Å²) >= 11 is 3.11. The van der Waals surface area contributed by atoms with E-state index < -0.39 is 15.8 Å². The van der Waals surface area contributed by atoms with Gasteiger partial charge in [0.1, 0.15) is 5.82 Å². The predicted molar refractivity (Wildman–Crippen MR) is 84.5 cm³/mol. The Morgan fingerprint density at radius 1 is 1.05 bits per heavy atom. The van der Waals surface area contributed by atoms with E-state index in [1.807, 2.05) is 0 Å². The van der Waals surface area contributed by atoms with Crippen LogP contribution >= 0.6 is 15.9 Å². The molecule has 2 aromatic rings. The summed E-state index contributed by atoms with van der Waals surface area (Å²) < 4.78 is 51.2. The van der Waals surface area contributed by atoms with E-state index in [4.69, 9.17) is 9.47 Å². The first-order chi connectivity index (χ1) is 10.4. The van der Waals surface area contributed by atoms with Crippen molar-refractivity contribution in [2.45, 2.75) is 4.90 Å². The minimum atomic E-state index is -3.95. The van der Waals surface area contributed by atoms with Crippen molar-refractivity contribution in [1.29, 1.82) is 0 Å². The molecule has 0 fully saturated rings. The molecule has 0 radical (unpaired) electrons. The average Bonchev–Trinajstić information content (AvgIpc) is 2.49. The molecule has 22 heavy (non-hydrogen) atoms. The highest BCUT2D eigenvalue weighted by molar-refractivity contribution is 9.10. The Hall–Kier alpha value is -1.80. The Labute approximate surface area is 136 Å². The maximum atomic E-state index is 13.8. The van der Waals surface area contributed by atoms with Gasteiger partial charge in [0, 0.05) is 10.5 Å². The van der Waals surface area contributed by atoms with Crippen molar-refractivity contribution in [2.24, 2.45) is 0 Å². The lowest BCUT2D eigenvalue weighted by molar-refractivity contribution is 0.354. The van der Waals surface area contributed by atoms with Crippen molar-refractivity contribution in [2.75, 3.05) is 18.9 Å². The molecule has 1 N–H and O–H groups in total. The second-order valence-corrected chi connectivity index (χ2v) is 6.84. The summed E-state index contributed by atoms with van der Waals surface area (Å²) in [4.78, 5) is -0.0625. The topological polar surface area (TPSA) is 64.6 Å². The van der Waals surface area contributed by atoms with Gasteiger partial charge in [-0.2, -0.15) is 0 Å². The van der Waals surface area contributed by atoms with Crippen LogP contribution in [0, 0.1) is 5.82 Å². The van der Waals surface area contributed by atoms with Crippen LogP contribution in [0.5, 0.6) is 11.5 Å². The fourth-order valence-electron chi connectivity index (χ4n) is 1.76. The average molecular weight is 390 g/mol. The smallest absolute Gasteiger partial charge is 0.262 e. The van der Waals surface area contributed by atoms with Crippen molar-refractivity contribution in [3.05, 3.63) is 46.7 Å². The van der Waals surface area contributed by atoms with Crippen LogP contribution in [0.25, 0.3) is 0 Å². The van der Waals surface area contributed by atoms with Gasteiger partial charge in [0.05, 0.1) is 24.8 Å². The summed E-state index contributed by atoms with van der Waals surface area (Å²) in [6.07, 6.45) is 0. The van der Waals surface area contributed by atoms with Gasteiger partial charge in [0.15, 0.2) is 11.5 Å². The molecule has 0 bridgehead atoms. The fourth-order valence-corrected chi connectivity index (χ4v) is 3.18. The van der Waals surface area contributed by atoms with E-state index in [1.54, 1.807) is 0 Å². The van der Waals surface area contributed by atoms with Gasteiger partial charge in [-0.25, -0.2) is 12.8 Å². The van der Waals surface area contributed by atoms with Gasteiger partial charge in [-0.3, -0.25) is 4.72 Å². The van der Waals surface area contributed by atoms with E-state index in [0.29, 0.717) is 10.2 Å². The summed E-state index contributed by atoms with van der Waals surface area (Å²) in [5.74, 6) is -0.0173. The molecule has 0 aliphatic carbocycles. The number of hydrogen-bond acceptors (Lipinski definition) is 4. The number of sulfonamides is 1. The molecular weight excluding hydrogens is 377 g/mol. The maximum Gasteiger partial charge on any atom is 0.262 e. The quantitative estimate of drug-likeness (QED) is 0.850. The van der Waals surface area contributed by atoms with Crippen LogP contribution in [0.2, 0.25) is 0 Å². The van der Waals surface area contributed by atoms with Crippen molar-refractivity contribution in [3.8, 4) is 11.5 Å². The van der Waals surface area contributed by atoms with E-state index in [1.165, 1.54) is 50.6 Å². The molecule has 2 aromatic carbocycles. The number of anilines is 1. The number of methoxy groups -OCH3 is 2. The molecule has 0 aliphatic rings. The van der Waals surface area contributed by atoms with Crippen LogP contribution in [0.1, 0.15) is 0 Å². The molecule has 5 nitrogen and oxygen atoms in total. The Morgan fingerprint density at radius 3 is 2.32 bits per heavy atom. The zero-order valence-corrected chi connectivity index (χ0v) is 14.2. The van der Waals surface area contributed by atoms with Gasteiger partial charge in [0.2, 0.25) is 0 Å². The highest BCUT2D eigenvalue weighted by Crippen LogP contribution is 2.30. The Balaban J connectivity index is 2.38. The molecule has 0 amide bonds. The number of hydrogen-bond donors (Lipinski definition) is 1. The molecule has 0 saturated carbocycles. The number of benzene rings is 2. The standard InChI is InChI=1S/C14H13BrFNO4S/c1-20-13-6-4-10(8-14(13)21-2)22(18,19)17-12-5-3-9(15)7-11(12)16/h3-8,17H,1-2H3. The lowest BCUT2D eigenvalue weighted by Gasteiger charge is -2.12. The summed E-state index contributed by atoms with van der Waals surface area (Å²) in [5, 5.41) is 0. The molecule has 0 aromatic heterocycles. The summed E-state index contributed by atoms with van der Waals surface area (Å²) in [7, 11) is -1.10.